The Bertz CT molecular complexity index is 546. The molecule has 4 atom stereocenters. The zero-order valence-electron chi connectivity index (χ0n) is 13.4. The van der Waals surface area contributed by atoms with Crippen LogP contribution in [-0.2, 0) is 9.59 Å². The molecule has 1 aromatic rings. The van der Waals surface area contributed by atoms with Crippen LogP contribution in [0.25, 0.3) is 0 Å². The highest BCUT2D eigenvalue weighted by atomic mass is 16.4. The van der Waals surface area contributed by atoms with Crippen molar-refractivity contribution in [2.75, 3.05) is 13.2 Å². The summed E-state index contributed by atoms with van der Waals surface area (Å²) in [5, 5.41) is 57.2. The van der Waals surface area contributed by atoms with Crippen LogP contribution in [0.4, 0.5) is 0 Å². The number of aliphatic hydroxyl groups excluding tert-OH is 4. The van der Waals surface area contributed by atoms with Crippen LogP contribution in [0.1, 0.15) is 37.2 Å². The third-order valence-corrected chi connectivity index (χ3v) is 4.41. The summed E-state index contributed by atoms with van der Waals surface area (Å²) in [5.41, 5.74) is -3.24. The Balaban J connectivity index is 3.13. The number of carboxylic acids is 2. The minimum absolute atomic E-state index is 0.186. The summed E-state index contributed by atoms with van der Waals surface area (Å²) >= 11 is 0. The van der Waals surface area contributed by atoms with E-state index in [1.165, 1.54) is 38.1 Å². The average molecular weight is 342 g/mol. The molecule has 0 heterocycles. The molecule has 0 bridgehead atoms. The van der Waals surface area contributed by atoms with Crippen LogP contribution in [0.5, 0.6) is 0 Å². The van der Waals surface area contributed by atoms with E-state index in [0.29, 0.717) is 0 Å². The molecular weight excluding hydrogens is 320 g/mol. The molecule has 8 nitrogen and oxygen atoms in total. The Hall–Kier alpha value is -2.00. The molecule has 0 aromatic heterocycles. The number of hydrogen-bond donors (Lipinski definition) is 6. The standard InChI is InChI=1S/C16H22O8/c1-15(7-17,13(21)22)11(19)9-3-5-10(6-4-9)12(20)16(2,8-18)14(23)24/h3-6,11-12,17-20H,7-8H2,1-2H3,(H,21,22)(H,23,24). The smallest absolute Gasteiger partial charge is 0.314 e. The van der Waals surface area contributed by atoms with Crippen LogP contribution in [0.2, 0.25) is 0 Å². The minimum Gasteiger partial charge on any atom is -0.481 e. The Morgan fingerprint density at radius 1 is 0.833 bits per heavy atom. The van der Waals surface area contributed by atoms with Crippen LogP contribution < -0.4 is 0 Å². The predicted octanol–water partition coefficient (Wildman–Crippen LogP) is -0.0802. The van der Waals surface area contributed by atoms with Crippen molar-refractivity contribution < 1.29 is 40.2 Å². The molecule has 1 rings (SSSR count). The molecule has 1 aromatic carbocycles. The molecule has 6 N–H and O–H groups in total. The van der Waals surface area contributed by atoms with E-state index in [9.17, 15) is 30.0 Å². The van der Waals surface area contributed by atoms with Gasteiger partial charge in [-0.2, -0.15) is 0 Å². The second kappa shape index (κ2) is 7.27. The molecule has 0 amide bonds. The maximum Gasteiger partial charge on any atom is 0.314 e. The molecule has 134 valence electrons. The average Bonchev–Trinajstić information content (AvgIpc) is 2.58. The molecule has 8 heteroatoms. The quantitative estimate of drug-likeness (QED) is 0.383. The number of rotatable bonds is 8. The van der Waals surface area contributed by atoms with Crippen molar-refractivity contribution in [3.63, 3.8) is 0 Å². The molecule has 0 saturated carbocycles. The second-order valence-electron chi connectivity index (χ2n) is 6.23. The fourth-order valence-electron chi connectivity index (χ4n) is 2.14. The van der Waals surface area contributed by atoms with Gasteiger partial charge in [-0.3, -0.25) is 9.59 Å². The van der Waals surface area contributed by atoms with Crippen LogP contribution >= 0.6 is 0 Å². The largest absolute Gasteiger partial charge is 0.481 e. The first-order valence-corrected chi connectivity index (χ1v) is 7.19. The lowest BCUT2D eigenvalue weighted by Crippen LogP contribution is -2.38. The van der Waals surface area contributed by atoms with E-state index >= 15 is 0 Å². The van der Waals surface area contributed by atoms with Gasteiger partial charge in [-0.05, 0) is 25.0 Å². The van der Waals surface area contributed by atoms with Gasteiger partial charge in [-0.1, -0.05) is 24.3 Å². The molecular formula is C16H22O8. The summed E-state index contributed by atoms with van der Waals surface area (Å²) in [7, 11) is 0. The van der Waals surface area contributed by atoms with E-state index in [1.807, 2.05) is 0 Å². The van der Waals surface area contributed by atoms with Crippen LogP contribution in [0.3, 0.4) is 0 Å². The van der Waals surface area contributed by atoms with Crippen molar-refractivity contribution in [3.05, 3.63) is 35.4 Å². The fourth-order valence-corrected chi connectivity index (χ4v) is 2.14. The number of hydrogen-bond acceptors (Lipinski definition) is 6. The van der Waals surface area contributed by atoms with E-state index in [1.54, 1.807) is 0 Å². The van der Waals surface area contributed by atoms with Gasteiger partial charge in [-0.15, -0.1) is 0 Å². The number of benzene rings is 1. The molecule has 0 saturated heterocycles. The second-order valence-corrected chi connectivity index (χ2v) is 6.23. The van der Waals surface area contributed by atoms with Gasteiger partial charge in [0.15, 0.2) is 0 Å². The predicted molar refractivity (Wildman–Crippen MR) is 82.0 cm³/mol. The van der Waals surface area contributed by atoms with Gasteiger partial charge in [0.2, 0.25) is 0 Å². The number of aliphatic carboxylic acids is 2. The van der Waals surface area contributed by atoms with Gasteiger partial charge in [0.1, 0.15) is 10.8 Å². The van der Waals surface area contributed by atoms with Gasteiger partial charge < -0.3 is 30.6 Å². The number of carboxylic acid groups (broad SMARTS) is 2. The summed E-state index contributed by atoms with van der Waals surface area (Å²) in [4.78, 5) is 22.5. The number of carbonyl (C=O) groups is 2. The summed E-state index contributed by atoms with van der Waals surface area (Å²) in [6, 6.07) is 5.33. The summed E-state index contributed by atoms with van der Waals surface area (Å²) in [6.45, 7) is 0.816. The van der Waals surface area contributed by atoms with E-state index in [4.69, 9.17) is 10.2 Å². The fraction of sp³-hybridized carbons (Fsp3) is 0.500. The Labute approximate surface area is 138 Å². The van der Waals surface area contributed by atoms with E-state index in [-0.39, 0.29) is 11.1 Å². The van der Waals surface area contributed by atoms with Crippen molar-refractivity contribution in [2.24, 2.45) is 10.8 Å². The summed E-state index contributed by atoms with van der Waals surface area (Å²) in [6.07, 6.45) is -3.01. The molecule has 24 heavy (non-hydrogen) atoms. The number of aliphatic hydroxyl groups is 4. The van der Waals surface area contributed by atoms with Gasteiger partial charge in [0.25, 0.3) is 0 Å². The minimum atomic E-state index is -1.80. The third-order valence-electron chi connectivity index (χ3n) is 4.41. The van der Waals surface area contributed by atoms with Crippen LogP contribution in [0, 0.1) is 10.8 Å². The first-order valence-electron chi connectivity index (χ1n) is 7.19. The van der Waals surface area contributed by atoms with Gasteiger partial charge in [0, 0.05) is 0 Å². The Morgan fingerprint density at radius 3 is 1.25 bits per heavy atom. The monoisotopic (exact) mass is 342 g/mol. The van der Waals surface area contributed by atoms with Gasteiger partial charge in [0.05, 0.1) is 25.4 Å². The zero-order valence-corrected chi connectivity index (χ0v) is 13.4. The van der Waals surface area contributed by atoms with E-state index < -0.39 is 48.2 Å². The lowest BCUT2D eigenvalue weighted by molar-refractivity contribution is -0.160. The normalized spacial score (nSPS) is 18.9. The van der Waals surface area contributed by atoms with Crippen molar-refractivity contribution >= 4 is 11.9 Å². The Kier molecular flexibility index (Phi) is 6.07. The maximum absolute atomic E-state index is 11.2. The van der Waals surface area contributed by atoms with Crippen molar-refractivity contribution in [2.45, 2.75) is 26.1 Å². The van der Waals surface area contributed by atoms with Gasteiger partial charge >= 0.3 is 11.9 Å². The summed E-state index contributed by atoms with van der Waals surface area (Å²) in [5.74, 6) is -2.75. The van der Waals surface area contributed by atoms with Crippen molar-refractivity contribution in [1.82, 2.24) is 0 Å². The first kappa shape index (κ1) is 20.0. The van der Waals surface area contributed by atoms with Crippen molar-refractivity contribution in [3.8, 4) is 0 Å². The summed E-state index contributed by atoms with van der Waals surface area (Å²) < 4.78 is 0. The highest BCUT2D eigenvalue weighted by Crippen LogP contribution is 2.37. The van der Waals surface area contributed by atoms with Crippen molar-refractivity contribution in [1.29, 1.82) is 0 Å². The lowest BCUT2D eigenvalue weighted by Gasteiger charge is -2.30. The van der Waals surface area contributed by atoms with E-state index in [0.717, 1.165) is 0 Å². The lowest BCUT2D eigenvalue weighted by atomic mass is 9.79. The highest BCUT2D eigenvalue weighted by molar-refractivity contribution is 5.76. The first-order chi connectivity index (χ1) is 11.0. The molecule has 4 unspecified atom stereocenters. The van der Waals surface area contributed by atoms with E-state index in [2.05, 4.69) is 0 Å². The molecule has 0 spiro atoms. The molecule has 0 aliphatic carbocycles. The molecule has 0 radical (unpaired) electrons. The molecule has 0 aliphatic heterocycles. The highest BCUT2D eigenvalue weighted by Gasteiger charge is 2.43. The SMILES string of the molecule is CC(CO)(C(=O)O)C(O)c1ccc(C(O)C(C)(CO)C(=O)O)cc1. The molecule has 0 aliphatic rings. The third kappa shape index (κ3) is 3.41. The molecule has 0 fully saturated rings. The van der Waals surface area contributed by atoms with Crippen LogP contribution in [-0.4, -0.2) is 55.8 Å². The topological polar surface area (TPSA) is 156 Å². The zero-order chi connectivity index (χ0) is 18.7. The maximum atomic E-state index is 11.2. The van der Waals surface area contributed by atoms with Gasteiger partial charge in [-0.25, -0.2) is 0 Å². The Morgan fingerprint density at radius 2 is 1.08 bits per heavy atom. The van der Waals surface area contributed by atoms with Crippen LogP contribution in [0.15, 0.2) is 24.3 Å².